The Hall–Kier alpha value is -2.52. The molecule has 2 aliphatic rings. The van der Waals surface area contributed by atoms with Crippen molar-refractivity contribution >= 4 is 16.8 Å². The van der Waals surface area contributed by atoms with Crippen LogP contribution in [0.3, 0.4) is 0 Å². The second kappa shape index (κ2) is 9.54. The SMILES string of the molecule is C=C(CNC(=O)C1CCc2[nH]c3c(C(F)(F)F)cccc3c2C1)NCCN1CCOCC1. The molecule has 0 spiro atoms. The molecule has 9 heteroatoms. The van der Waals surface area contributed by atoms with Crippen LogP contribution in [0.25, 0.3) is 10.9 Å². The van der Waals surface area contributed by atoms with Crippen LogP contribution in [-0.2, 0) is 28.5 Å². The molecule has 6 nitrogen and oxygen atoms in total. The summed E-state index contributed by atoms with van der Waals surface area (Å²) in [6.07, 6.45) is -2.83. The Morgan fingerprint density at radius 1 is 1.25 bits per heavy atom. The van der Waals surface area contributed by atoms with Gasteiger partial charge in [0.1, 0.15) is 0 Å². The minimum Gasteiger partial charge on any atom is -0.386 e. The van der Waals surface area contributed by atoms with Crippen LogP contribution in [0, 0.1) is 5.92 Å². The third-order valence-corrected chi connectivity index (χ3v) is 6.28. The van der Waals surface area contributed by atoms with E-state index in [1.165, 1.54) is 6.07 Å². The Morgan fingerprint density at radius 2 is 2.03 bits per heavy atom. The van der Waals surface area contributed by atoms with Crippen molar-refractivity contribution in [1.29, 1.82) is 0 Å². The van der Waals surface area contributed by atoms with Gasteiger partial charge in [0.2, 0.25) is 5.91 Å². The number of nitrogens with zero attached hydrogens (tertiary/aromatic N) is 1. The second-order valence-corrected chi connectivity index (χ2v) is 8.45. The molecule has 1 aromatic heterocycles. The van der Waals surface area contributed by atoms with Crippen LogP contribution in [0.2, 0.25) is 0 Å². The number of alkyl halides is 3. The molecule has 1 aliphatic carbocycles. The number of rotatable bonds is 7. The average molecular weight is 451 g/mol. The molecule has 4 rings (SSSR count). The first-order chi connectivity index (χ1) is 15.3. The summed E-state index contributed by atoms with van der Waals surface area (Å²) in [7, 11) is 0. The number of aromatic amines is 1. The van der Waals surface area contributed by atoms with E-state index in [-0.39, 0.29) is 17.3 Å². The van der Waals surface area contributed by atoms with Crippen molar-refractivity contribution < 1.29 is 22.7 Å². The third-order valence-electron chi connectivity index (χ3n) is 6.28. The highest BCUT2D eigenvalue weighted by molar-refractivity contribution is 5.89. The van der Waals surface area contributed by atoms with Crippen LogP contribution >= 0.6 is 0 Å². The molecule has 174 valence electrons. The Bertz CT molecular complexity index is 980. The largest absolute Gasteiger partial charge is 0.418 e. The Labute approximate surface area is 185 Å². The molecule has 2 heterocycles. The molecular formula is C23H29F3N4O2. The summed E-state index contributed by atoms with van der Waals surface area (Å²) in [4.78, 5) is 18.0. The van der Waals surface area contributed by atoms with Gasteiger partial charge in [0.05, 0.1) is 30.8 Å². The van der Waals surface area contributed by atoms with Gasteiger partial charge in [-0.3, -0.25) is 9.69 Å². The lowest BCUT2D eigenvalue weighted by Crippen LogP contribution is -2.41. The molecule has 1 aromatic carbocycles. The zero-order chi connectivity index (χ0) is 22.7. The maximum absolute atomic E-state index is 13.4. The minimum absolute atomic E-state index is 0.0897. The molecule has 0 saturated carbocycles. The fourth-order valence-corrected chi connectivity index (χ4v) is 4.52. The van der Waals surface area contributed by atoms with Gasteiger partial charge >= 0.3 is 6.18 Å². The van der Waals surface area contributed by atoms with Crippen LogP contribution in [0.5, 0.6) is 0 Å². The summed E-state index contributed by atoms with van der Waals surface area (Å²) in [6, 6.07) is 4.21. The van der Waals surface area contributed by atoms with Crippen molar-refractivity contribution in [3.8, 4) is 0 Å². The third kappa shape index (κ3) is 5.10. The number of amides is 1. The Balaban J connectivity index is 1.30. The van der Waals surface area contributed by atoms with Gasteiger partial charge in [-0.05, 0) is 30.9 Å². The van der Waals surface area contributed by atoms with Gasteiger partial charge < -0.3 is 20.4 Å². The zero-order valence-electron chi connectivity index (χ0n) is 18.0. The summed E-state index contributed by atoms with van der Waals surface area (Å²) in [5.41, 5.74) is 1.81. The van der Waals surface area contributed by atoms with Crippen LogP contribution in [-0.4, -0.2) is 61.7 Å². The number of aromatic nitrogens is 1. The predicted octanol–water partition coefficient (Wildman–Crippen LogP) is 2.84. The maximum Gasteiger partial charge on any atom is 0.418 e. The predicted molar refractivity (Wildman–Crippen MR) is 116 cm³/mol. The number of carbonyl (C=O) groups is 1. The first kappa shape index (κ1) is 22.7. The standard InChI is InChI=1S/C23H29F3N4O2/c1-15(27-7-8-30-9-11-32-12-10-30)14-28-22(31)16-5-6-20-18(13-16)17-3-2-4-19(21(17)29-20)23(24,25)26/h2-4,16,27,29H,1,5-14H2,(H,28,31). The van der Waals surface area contributed by atoms with E-state index in [1.54, 1.807) is 6.07 Å². The van der Waals surface area contributed by atoms with Crippen molar-refractivity contribution in [2.24, 2.45) is 5.92 Å². The number of aryl methyl sites for hydroxylation is 1. The van der Waals surface area contributed by atoms with Gasteiger partial charge in [-0.25, -0.2) is 0 Å². The lowest BCUT2D eigenvalue weighted by molar-refractivity contribution is -0.136. The average Bonchev–Trinajstić information content (AvgIpc) is 3.15. The maximum atomic E-state index is 13.4. The number of carbonyl (C=O) groups excluding carboxylic acids is 1. The minimum atomic E-state index is -4.42. The summed E-state index contributed by atoms with van der Waals surface area (Å²) >= 11 is 0. The van der Waals surface area contributed by atoms with Crippen molar-refractivity contribution in [3.63, 3.8) is 0 Å². The van der Waals surface area contributed by atoms with E-state index in [1.807, 2.05) is 0 Å². The highest BCUT2D eigenvalue weighted by Gasteiger charge is 2.35. The van der Waals surface area contributed by atoms with Crippen LogP contribution < -0.4 is 10.6 Å². The molecule has 1 amide bonds. The lowest BCUT2D eigenvalue weighted by atomic mass is 9.85. The van der Waals surface area contributed by atoms with Crippen LogP contribution in [0.1, 0.15) is 23.2 Å². The fraction of sp³-hybridized carbons (Fsp3) is 0.522. The topological polar surface area (TPSA) is 69.4 Å². The molecule has 1 atom stereocenters. The van der Waals surface area contributed by atoms with Gasteiger partial charge in [-0.15, -0.1) is 0 Å². The summed E-state index contributed by atoms with van der Waals surface area (Å²) in [6.45, 7) is 9.31. The molecular weight excluding hydrogens is 421 g/mol. The number of morpholine rings is 1. The molecule has 0 bridgehead atoms. The fourth-order valence-electron chi connectivity index (χ4n) is 4.52. The second-order valence-electron chi connectivity index (χ2n) is 8.45. The van der Waals surface area contributed by atoms with Crippen LogP contribution in [0.4, 0.5) is 13.2 Å². The van der Waals surface area contributed by atoms with Crippen molar-refractivity contribution in [1.82, 2.24) is 20.5 Å². The summed E-state index contributed by atoms with van der Waals surface area (Å²) in [5, 5.41) is 6.72. The molecule has 2 aromatic rings. The molecule has 1 aliphatic heterocycles. The van der Waals surface area contributed by atoms with Gasteiger partial charge in [0.15, 0.2) is 0 Å². The Kier molecular flexibility index (Phi) is 6.76. The molecule has 0 radical (unpaired) electrons. The molecule has 1 fully saturated rings. The van der Waals surface area contributed by atoms with E-state index in [4.69, 9.17) is 4.74 Å². The normalized spacial score (nSPS) is 19.5. The highest BCUT2D eigenvalue weighted by Crippen LogP contribution is 2.38. The Morgan fingerprint density at radius 3 is 2.78 bits per heavy atom. The van der Waals surface area contributed by atoms with E-state index in [9.17, 15) is 18.0 Å². The van der Waals surface area contributed by atoms with E-state index in [0.717, 1.165) is 62.4 Å². The number of para-hydroxylation sites is 1. The first-order valence-electron chi connectivity index (χ1n) is 11.0. The molecule has 3 N–H and O–H groups in total. The number of fused-ring (bicyclic) bond motifs is 3. The van der Waals surface area contributed by atoms with E-state index in [0.29, 0.717) is 31.2 Å². The van der Waals surface area contributed by atoms with Gasteiger partial charge in [-0.2, -0.15) is 13.2 Å². The molecule has 1 saturated heterocycles. The van der Waals surface area contributed by atoms with Crippen LogP contribution in [0.15, 0.2) is 30.5 Å². The highest BCUT2D eigenvalue weighted by atomic mass is 19.4. The number of nitrogens with one attached hydrogen (secondary N) is 3. The van der Waals surface area contributed by atoms with Crippen molar-refractivity contribution in [2.45, 2.75) is 25.4 Å². The van der Waals surface area contributed by atoms with Crippen molar-refractivity contribution in [2.75, 3.05) is 45.9 Å². The number of hydrogen-bond acceptors (Lipinski definition) is 4. The quantitative estimate of drug-likeness (QED) is 0.607. The summed E-state index contributed by atoms with van der Waals surface area (Å²) < 4.78 is 45.4. The summed E-state index contributed by atoms with van der Waals surface area (Å²) in [5.74, 6) is -0.356. The van der Waals surface area contributed by atoms with E-state index < -0.39 is 11.7 Å². The van der Waals surface area contributed by atoms with E-state index >= 15 is 0 Å². The monoisotopic (exact) mass is 450 g/mol. The van der Waals surface area contributed by atoms with Gasteiger partial charge in [-0.1, -0.05) is 18.7 Å². The number of ether oxygens (including phenoxy) is 1. The van der Waals surface area contributed by atoms with Crippen molar-refractivity contribution in [3.05, 3.63) is 47.3 Å². The van der Waals surface area contributed by atoms with Gasteiger partial charge in [0.25, 0.3) is 0 Å². The lowest BCUT2D eigenvalue weighted by Gasteiger charge is -2.27. The number of hydrogen-bond donors (Lipinski definition) is 3. The number of H-pyrrole nitrogens is 1. The number of benzene rings is 1. The van der Waals surface area contributed by atoms with E-state index in [2.05, 4.69) is 27.1 Å². The first-order valence-corrected chi connectivity index (χ1v) is 11.0. The molecule has 1 unspecified atom stereocenters. The zero-order valence-corrected chi connectivity index (χ0v) is 18.0. The van der Waals surface area contributed by atoms with Gasteiger partial charge in [0, 0.05) is 48.9 Å². The number of halogens is 3. The smallest absolute Gasteiger partial charge is 0.386 e. The molecule has 32 heavy (non-hydrogen) atoms.